The Kier molecular flexibility index (Phi) is 6.04. The maximum Gasteiger partial charge on any atom is 0.129 e. The Labute approximate surface area is 130 Å². The van der Waals surface area contributed by atoms with E-state index >= 15 is 0 Å². The minimum atomic E-state index is 0.479. The van der Waals surface area contributed by atoms with Gasteiger partial charge in [0.2, 0.25) is 0 Å². The lowest BCUT2D eigenvalue weighted by molar-refractivity contribution is 0.318. The summed E-state index contributed by atoms with van der Waals surface area (Å²) in [5, 5.41) is 3.43. The first-order valence-corrected chi connectivity index (χ1v) is 8.60. The van der Waals surface area contributed by atoms with Gasteiger partial charge < -0.3 is 10.2 Å². The molecule has 0 aliphatic heterocycles. The van der Waals surface area contributed by atoms with Crippen molar-refractivity contribution in [2.45, 2.75) is 59.4 Å². The molecular weight excluding hydrogens is 258 g/mol. The highest BCUT2D eigenvalue weighted by atomic mass is 15.2. The average molecular weight is 289 g/mol. The third kappa shape index (κ3) is 4.44. The molecule has 0 unspecified atom stereocenters. The van der Waals surface area contributed by atoms with Crippen molar-refractivity contribution in [3.63, 3.8) is 0 Å². The molecule has 1 aliphatic rings. The van der Waals surface area contributed by atoms with E-state index in [1.807, 2.05) is 0 Å². The molecule has 3 nitrogen and oxygen atoms in total. The molecule has 0 atom stereocenters. The molecule has 1 fully saturated rings. The number of aromatic nitrogens is 1. The summed E-state index contributed by atoms with van der Waals surface area (Å²) in [4.78, 5) is 7.39. The van der Waals surface area contributed by atoms with Crippen LogP contribution in [0.2, 0.25) is 0 Å². The largest absolute Gasteiger partial charge is 0.357 e. The first kappa shape index (κ1) is 16.3. The molecule has 1 heterocycles. The predicted molar refractivity (Wildman–Crippen MR) is 90.9 cm³/mol. The van der Waals surface area contributed by atoms with Crippen LogP contribution in [0.4, 0.5) is 5.82 Å². The fourth-order valence-electron chi connectivity index (χ4n) is 2.80. The Morgan fingerprint density at radius 1 is 1.29 bits per heavy atom. The highest BCUT2D eigenvalue weighted by Gasteiger charge is 2.21. The lowest BCUT2D eigenvalue weighted by atomic mass is 9.85. The van der Waals surface area contributed by atoms with Crippen molar-refractivity contribution in [2.75, 3.05) is 24.5 Å². The molecule has 0 spiro atoms. The monoisotopic (exact) mass is 289 g/mol. The van der Waals surface area contributed by atoms with Gasteiger partial charge in [-0.3, -0.25) is 0 Å². The number of rotatable bonds is 8. The van der Waals surface area contributed by atoms with E-state index < -0.39 is 0 Å². The summed E-state index contributed by atoms with van der Waals surface area (Å²) in [5.41, 5.74) is 2.57. The fraction of sp³-hybridized carbons (Fsp3) is 0.722. The number of nitrogens with zero attached hydrogens (tertiary/aromatic N) is 2. The molecule has 118 valence electrons. The van der Waals surface area contributed by atoms with Crippen molar-refractivity contribution in [1.29, 1.82) is 0 Å². The molecule has 1 aromatic rings. The van der Waals surface area contributed by atoms with E-state index in [1.165, 1.54) is 42.9 Å². The van der Waals surface area contributed by atoms with Gasteiger partial charge in [-0.25, -0.2) is 4.98 Å². The first-order valence-electron chi connectivity index (χ1n) is 8.60. The maximum absolute atomic E-state index is 4.92. The third-order valence-electron chi connectivity index (χ3n) is 4.47. The van der Waals surface area contributed by atoms with E-state index in [1.54, 1.807) is 0 Å². The molecular formula is C18H31N3. The zero-order chi connectivity index (χ0) is 15.2. The quantitative estimate of drug-likeness (QED) is 0.785. The minimum Gasteiger partial charge on any atom is -0.357 e. The Bertz CT molecular complexity index is 438. The zero-order valence-electron chi connectivity index (χ0n) is 14.2. The Hall–Kier alpha value is -1.09. The molecule has 1 saturated carbocycles. The molecule has 0 aromatic carbocycles. The molecule has 1 aliphatic carbocycles. The van der Waals surface area contributed by atoms with Crippen molar-refractivity contribution < 1.29 is 0 Å². The summed E-state index contributed by atoms with van der Waals surface area (Å²) in [7, 11) is 0. The van der Waals surface area contributed by atoms with Crippen molar-refractivity contribution in [3.8, 4) is 0 Å². The second-order valence-corrected chi connectivity index (χ2v) is 6.53. The highest BCUT2D eigenvalue weighted by Crippen LogP contribution is 2.29. The van der Waals surface area contributed by atoms with Gasteiger partial charge >= 0.3 is 0 Å². The highest BCUT2D eigenvalue weighted by molar-refractivity contribution is 5.43. The van der Waals surface area contributed by atoms with Crippen LogP contribution in [0.1, 0.15) is 64.1 Å². The van der Waals surface area contributed by atoms with Crippen LogP contribution in [-0.2, 0) is 6.54 Å². The van der Waals surface area contributed by atoms with Crippen molar-refractivity contribution in [2.24, 2.45) is 5.92 Å². The molecule has 0 saturated heterocycles. The topological polar surface area (TPSA) is 28.2 Å². The fourth-order valence-corrected chi connectivity index (χ4v) is 2.80. The summed E-state index contributed by atoms with van der Waals surface area (Å²) >= 11 is 0. The van der Waals surface area contributed by atoms with Crippen LogP contribution in [0.5, 0.6) is 0 Å². The summed E-state index contributed by atoms with van der Waals surface area (Å²) in [5.74, 6) is 2.53. The van der Waals surface area contributed by atoms with Gasteiger partial charge in [0.05, 0.1) is 0 Å². The van der Waals surface area contributed by atoms with E-state index in [4.69, 9.17) is 4.98 Å². The van der Waals surface area contributed by atoms with E-state index in [9.17, 15) is 0 Å². The van der Waals surface area contributed by atoms with Crippen LogP contribution in [0.25, 0.3) is 0 Å². The third-order valence-corrected chi connectivity index (χ3v) is 4.47. The van der Waals surface area contributed by atoms with Crippen LogP contribution in [-0.4, -0.2) is 24.6 Å². The summed E-state index contributed by atoms with van der Waals surface area (Å²) < 4.78 is 0. The van der Waals surface area contributed by atoms with Crippen LogP contribution in [0.3, 0.4) is 0 Å². The lowest BCUT2D eigenvalue weighted by Gasteiger charge is -2.33. The van der Waals surface area contributed by atoms with Crippen LogP contribution in [0, 0.1) is 5.92 Å². The van der Waals surface area contributed by atoms with Crippen LogP contribution >= 0.6 is 0 Å². The van der Waals surface area contributed by atoms with Crippen molar-refractivity contribution in [3.05, 3.63) is 23.4 Å². The minimum absolute atomic E-state index is 0.479. The number of anilines is 1. The molecule has 21 heavy (non-hydrogen) atoms. The second-order valence-electron chi connectivity index (χ2n) is 6.53. The van der Waals surface area contributed by atoms with Gasteiger partial charge in [-0.05, 0) is 55.8 Å². The van der Waals surface area contributed by atoms with Gasteiger partial charge in [0.1, 0.15) is 5.82 Å². The lowest BCUT2D eigenvalue weighted by Crippen LogP contribution is -2.33. The summed E-state index contributed by atoms with van der Waals surface area (Å²) in [6, 6.07) is 4.53. The maximum atomic E-state index is 4.92. The first-order chi connectivity index (χ1) is 10.1. The zero-order valence-corrected chi connectivity index (χ0v) is 14.2. The number of pyridine rings is 1. The predicted octanol–water partition coefficient (Wildman–Crippen LogP) is 3.94. The Balaban J connectivity index is 2.19. The molecule has 0 radical (unpaired) electrons. The molecule has 0 amide bonds. The molecule has 1 N–H and O–H groups in total. The Morgan fingerprint density at radius 2 is 2.05 bits per heavy atom. The number of hydrogen-bond donors (Lipinski definition) is 1. The summed E-state index contributed by atoms with van der Waals surface area (Å²) in [6.45, 7) is 13.0. The average Bonchev–Trinajstić information content (AvgIpc) is 2.43. The standard InChI is InChI=1S/C18H31N3/c1-5-19-12-16-10-17(14(3)4)20-18(11-16)21(6-2)13-15-8-7-9-15/h10-11,14-15,19H,5-9,12-13H2,1-4H3. The van der Waals surface area contributed by atoms with Gasteiger partial charge in [-0.2, -0.15) is 0 Å². The Morgan fingerprint density at radius 3 is 2.57 bits per heavy atom. The van der Waals surface area contributed by atoms with Gasteiger partial charge in [0.25, 0.3) is 0 Å². The van der Waals surface area contributed by atoms with Gasteiger partial charge in [-0.15, -0.1) is 0 Å². The number of nitrogens with one attached hydrogen (secondary N) is 1. The molecule has 3 heteroatoms. The van der Waals surface area contributed by atoms with Crippen molar-refractivity contribution in [1.82, 2.24) is 10.3 Å². The van der Waals surface area contributed by atoms with E-state index in [2.05, 4.69) is 50.0 Å². The second kappa shape index (κ2) is 7.79. The van der Waals surface area contributed by atoms with E-state index in [0.29, 0.717) is 5.92 Å². The smallest absolute Gasteiger partial charge is 0.129 e. The van der Waals surface area contributed by atoms with E-state index in [-0.39, 0.29) is 0 Å². The van der Waals surface area contributed by atoms with Crippen LogP contribution < -0.4 is 10.2 Å². The van der Waals surface area contributed by atoms with Crippen LogP contribution in [0.15, 0.2) is 12.1 Å². The number of hydrogen-bond acceptors (Lipinski definition) is 3. The van der Waals surface area contributed by atoms with Gasteiger partial charge in [-0.1, -0.05) is 27.2 Å². The van der Waals surface area contributed by atoms with Gasteiger partial charge in [0, 0.05) is 25.3 Å². The SMILES string of the molecule is CCNCc1cc(C(C)C)nc(N(CC)CC2CCC2)c1. The van der Waals surface area contributed by atoms with Crippen molar-refractivity contribution >= 4 is 5.82 Å². The van der Waals surface area contributed by atoms with E-state index in [0.717, 1.165) is 25.6 Å². The molecule has 1 aromatic heterocycles. The molecule has 0 bridgehead atoms. The normalized spacial score (nSPS) is 15.3. The summed E-state index contributed by atoms with van der Waals surface area (Å²) in [6.07, 6.45) is 4.20. The molecule has 2 rings (SSSR count). The van der Waals surface area contributed by atoms with Gasteiger partial charge in [0.15, 0.2) is 0 Å².